The third-order valence-corrected chi connectivity index (χ3v) is 7.57. The van der Waals surface area contributed by atoms with Crippen LogP contribution in [0.25, 0.3) is 11.1 Å². The monoisotopic (exact) mass is 521 g/mol. The van der Waals surface area contributed by atoms with Crippen LogP contribution in [0.4, 0.5) is 0 Å². The lowest BCUT2D eigenvalue weighted by molar-refractivity contribution is -0.136. The Balaban J connectivity index is 1.38. The zero-order valence-electron chi connectivity index (χ0n) is 22.0. The fraction of sp³-hybridized carbons (Fsp3) is 0.484. The second-order valence-corrected chi connectivity index (χ2v) is 10.2. The van der Waals surface area contributed by atoms with Crippen molar-refractivity contribution < 1.29 is 29.3 Å². The highest BCUT2D eigenvalue weighted by atomic mass is 16.5. The fourth-order valence-corrected chi connectivity index (χ4v) is 5.59. The van der Waals surface area contributed by atoms with Crippen LogP contribution in [-0.2, 0) is 20.9 Å². The number of likely N-dealkylation sites (tertiary alicyclic amines) is 1. The van der Waals surface area contributed by atoms with Crippen LogP contribution in [0.15, 0.2) is 60.7 Å². The number of carboxylic acids is 2. The van der Waals surface area contributed by atoms with Gasteiger partial charge in [0.15, 0.2) is 0 Å². The summed E-state index contributed by atoms with van der Waals surface area (Å²) in [7, 11) is 0. The third kappa shape index (κ3) is 7.76. The molecule has 2 aromatic carbocycles. The minimum atomic E-state index is -0.934. The van der Waals surface area contributed by atoms with Gasteiger partial charge in [-0.2, -0.15) is 0 Å². The first-order valence-corrected chi connectivity index (χ1v) is 13.8. The highest BCUT2D eigenvalue weighted by molar-refractivity contribution is 5.95. The first-order valence-electron chi connectivity index (χ1n) is 13.8. The molecule has 3 atom stereocenters. The van der Waals surface area contributed by atoms with Gasteiger partial charge >= 0.3 is 11.9 Å². The summed E-state index contributed by atoms with van der Waals surface area (Å²) in [6.07, 6.45) is 11.4. The molecule has 4 rings (SSSR count). The lowest BCUT2D eigenvalue weighted by Gasteiger charge is -2.33. The van der Waals surface area contributed by atoms with E-state index in [9.17, 15) is 14.7 Å². The van der Waals surface area contributed by atoms with Crippen molar-refractivity contribution in [2.24, 2.45) is 0 Å². The van der Waals surface area contributed by atoms with E-state index in [1.54, 1.807) is 12.1 Å². The molecule has 0 unspecified atom stereocenters. The number of hydrogen-bond donors (Lipinski definition) is 2. The van der Waals surface area contributed by atoms with E-state index in [0.29, 0.717) is 36.8 Å². The zero-order chi connectivity index (χ0) is 26.7. The third-order valence-electron chi connectivity index (χ3n) is 7.57. The van der Waals surface area contributed by atoms with E-state index < -0.39 is 11.9 Å². The average molecular weight is 522 g/mol. The molecule has 2 aliphatic rings. The van der Waals surface area contributed by atoms with Gasteiger partial charge in [-0.15, -0.1) is 0 Å². The van der Waals surface area contributed by atoms with Gasteiger partial charge in [-0.25, -0.2) is 4.79 Å². The normalized spacial score (nSPS) is 22.5. The van der Waals surface area contributed by atoms with Gasteiger partial charge in [-0.05, 0) is 68.0 Å². The number of carbonyl (C=O) groups is 2. The Morgan fingerprint density at radius 3 is 2.34 bits per heavy atom. The number of nitrogens with zero attached hydrogens (tertiary/aromatic N) is 1. The smallest absolute Gasteiger partial charge is 0.336 e. The molecule has 2 aromatic rings. The van der Waals surface area contributed by atoms with Crippen molar-refractivity contribution >= 4 is 11.9 Å². The number of hydrogen-bond acceptors (Lipinski definition) is 5. The highest BCUT2D eigenvalue weighted by Crippen LogP contribution is 2.32. The maximum Gasteiger partial charge on any atom is 0.336 e. The molecule has 1 saturated heterocycles. The van der Waals surface area contributed by atoms with Gasteiger partial charge in [0.2, 0.25) is 0 Å². The molecule has 7 heteroatoms. The van der Waals surface area contributed by atoms with Gasteiger partial charge in [0.25, 0.3) is 0 Å². The SMILES string of the molecule is O=C(O)CC/C=C\CO[C@@H]1[C@@H](OCc2ccc(-c3ccccc3C(=O)O)cc2)CC[C@H]1N1CCCCCC1. The first-order chi connectivity index (χ1) is 18.5. The van der Waals surface area contributed by atoms with E-state index in [4.69, 9.17) is 14.6 Å². The Hall–Kier alpha value is -3.00. The minimum absolute atomic E-state index is 0.0110. The molecular weight excluding hydrogens is 482 g/mol. The average Bonchev–Trinajstić information content (AvgIpc) is 3.12. The molecule has 38 heavy (non-hydrogen) atoms. The highest BCUT2D eigenvalue weighted by Gasteiger charge is 2.40. The Morgan fingerprint density at radius 2 is 1.63 bits per heavy atom. The summed E-state index contributed by atoms with van der Waals surface area (Å²) in [4.78, 5) is 24.9. The summed E-state index contributed by atoms with van der Waals surface area (Å²) in [6.45, 7) is 3.12. The van der Waals surface area contributed by atoms with Crippen molar-refractivity contribution in [2.75, 3.05) is 19.7 Å². The molecule has 1 aliphatic carbocycles. The van der Waals surface area contributed by atoms with Crippen molar-refractivity contribution in [1.29, 1.82) is 0 Å². The largest absolute Gasteiger partial charge is 0.481 e. The number of carboxylic acid groups (broad SMARTS) is 2. The van der Waals surface area contributed by atoms with Crippen molar-refractivity contribution in [1.82, 2.24) is 4.90 Å². The van der Waals surface area contributed by atoms with Crippen LogP contribution in [0.2, 0.25) is 0 Å². The number of aromatic carboxylic acids is 1. The molecule has 204 valence electrons. The van der Waals surface area contributed by atoms with Gasteiger partial charge in [0.05, 0.1) is 31.0 Å². The number of benzene rings is 2. The van der Waals surface area contributed by atoms with E-state index >= 15 is 0 Å². The van der Waals surface area contributed by atoms with Gasteiger partial charge < -0.3 is 19.7 Å². The second-order valence-electron chi connectivity index (χ2n) is 10.2. The lowest BCUT2D eigenvalue weighted by atomic mass is 9.99. The van der Waals surface area contributed by atoms with Crippen LogP contribution in [0.5, 0.6) is 0 Å². The molecule has 2 N–H and O–H groups in total. The summed E-state index contributed by atoms with van der Waals surface area (Å²) in [5.41, 5.74) is 2.89. The summed E-state index contributed by atoms with van der Waals surface area (Å²) < 4.78 is 12.8. The number of rotatable bonds is 12. The Bertz CT molecular complexity index is 1070. The molecule has 1 aliphatic heterocycles. The zero-order valence-corrected chi connectivity index (χ0v) is 22.0. The maximum absolute atomic E-state index is 11.6. The topological polar surface area (TPSA) is 96.3 Å². The predicted molar refractivity (Wildman–Crippen MR) is 146 cm³/mol. The molecular formula is C31H39NO6. The van der Waals surface area contributed by atoms with E-state index in [1.807, 2.05) is 48.6 Å². The van der Waals surface area contributed by atoms with Crippen LogP contribution in [-0.4, -0.2) is 65.0 Å². The van der Waals surface area contributed by atoms with E-state index in [-0.39, 0.29) is 18.6 Å². The lowest BCUT2D eigenvalue weighted by Crippen LogP contribution is -2.45. The Morgan fingerprint density at radius 1 is 0.895 bits per heavy atom. The van der Waals surface area contributed by atoms with Crippen LogP contribution < -0.4 is 0 Å². The predicted octanol–water partition coefficient (Wildman–Crippen LogP) is 5.78. The van der Waals surface area contributed by atoms with E-state index in [2.05, 4.69) is 4.90 Å². The molecule has 0 amide bonds. The molecule has 7 nitrogen and oxygen atoms in total. The molecule has 0 spiro atoms. The number of ether oxygens (including phenoxy) is 2. The van der Waals surface area contributed by atoms with Gasteiger partial charge in [-0.1, -0.05) is 67.5 Å². The van der Waals surface area contributed by atoms with E-state index in [1.165, 1.54) is 25.7 Å². The van der Waals surface area contributed by atoms with Crippen LogP contribution in [0.3, 0.4) is 0 Å². The van der Waals surface area contributed by atoms with Gasteiger partial charge in [0.1, 0.15) is 0 Å². The van der Waals surface area contributed by atoms with Crippen molar-refractivity contribution in [3.05, 3.63) is 71.8 Å². The summed E-state index contributed by atoms with van der Waals surface area (Å²) in [5.74, 6) is -1.73. The number of allylic oxidation sites excluding steroid dienone is 1. The second kappa shape index (κ2) is 14.2. The fourth-order valence-electron chi connectivity index (χ4n) is 5.59. The van der Waals surface area contributed by atoms with Gasteiger partial charge in [0, 0.05) is 12.5 Å². The molecule has 0 aromatic heterocycles. The summed E-state index contributed by atoms with van der Waals surface area (Å²) in [6, 6.07) is 15.3. The van der Waals surface area contributed by atoms with Crippen LogP contribution in [0.1, 0.15) is 67.3 Å². The van der Waals surface area contributed by atoms with Crippen molar-refractivity contribution in [3.63, 3.8) is 0 Å². The molecule has 2 fully saturated rings. The quantitative estimate of drug-likeness (QED) is 0.342. The first kappa shape index (κ1) is 28.0. The minimum Gasteiger partial charge on any atom is -0.481 e. The van der Waals surface area contributed by atoms with Gasteiger partial charge in [-0.3, -0.25) is 9.69 Å². The molecule has 0 radical (unpaired) electrons. The van der Waals surface area contributed by atoms with Crippen LogP contribution in [0, 0.1) is 0 Å². The Labute approximate surface area is 225 Å². The standard InChI is InChI=1S/C31H39NO6/c33-29(34)12-4-3-9-21-37-30-27(32-19-7-1-2-8-20-32)17-18-28(30)38-22-23-13-15-24(16-14-23)25-10-5-6-11-26(25)31(35)36/h3,5-6,9-11,13-16,27-28,30H,1-2,4,7-8,12,17-22H2,(H,33,34)(H,35,36)/b9-3-/t27-,28+,30+/m1/s1. The Kier molecular flexibility index (Phi) is 10.5. The number of aliphatic carboxylic acids is 1. The van der Waals surface area contributed by atoms with Crippen molar-refractivity contribution in [2.45, 2.75) is 76.2 Å². The molecule has 0 bridgehead atoms. The van der Waals surface area contributed by atoms with E-state index in [0.717, 1.165) is 37.1 Å². The van der Waals surface area contributed by atoms with Crippen LogP contribution >= 0.6 is 0 Å². The maximum atomic E-state index is 11.6. The van der Waals surface area contributed by atoms with Crippen molar-refractivity contribution in [3.8, 4) is 11.1 Å². The summed E-state index contributed by atoms with van der Waals surface area (Å²) >= 11 is 0. The summed E-state index contributed by atoms with van der Waals surface area (Å²) in [5, 5.41) is 18.3. The molecule has 1 heterocycles. The molecule has 1 saturated carbocycles.